The Hall–Kier alpha value is -2.62. The lowest BCUT2D eigenvalue weighted by Crippen LogP contribution is -2.14. The molecule has 1 N–H and O–H groups in total. The van der Waals surface area contributed by atoms with Crippen molar-refractivity contribution in [2.45, 2.75) is 6.42 Å². The summed E-state index contributed by atoms with van der Waals surface area (Å²) in [6.45, 7) is 0. The van der Waals surface area contributed by atoms with Crippen LogP contribution in [0.5, 0.6) is 0 Å². The summed E-state index contributed by atoms with van der Waals surface area (Å²) >= 11 is 0. The zero-order valence-corrected chi connectivity index (χ0v) is 10.2. The Morgan fingerprint density at radius 1 is 1.05 bits per heavy atom. The number of hydrogen-bond donors (Lipinski definition) is 1. The van der Waals surface area contributed by atoms with E-state index in [0.29, 0.717) is 11.3 Å². The zero-order valence-electron chi connectivity index (χ0n) is 10.2. The Bertz CT molecular complexity index is 704. The molecule has 4 heteroatoms. The van der Waals surface area contributed by atoms with Gasteiger partial charge in [-0.15, -0.1) is 0 Å². The molecule has 0 saturated carbocycles. The van der Waals surface area contributed by atoms with E-state index in [1.807, 2.05) is 54.6 Å². The summed E-state index contributed by atoms with van der Waals surface area (Å²) in [5, 5.41) is 7.65. The third-order valence-corrected chi connectivity index (χ3v) is 2.84. The van der Waals surface area contributed by atoms with E-state index >= 15 is 0 Å². The fourth-order valence-corrected chi connectivity index (χ4v) is 1.94. The third-order valence-electron chi connectivity index (χ3n) is 2.84. The topological polar surface area (TPSA) is 55.1 Å². The molecule has 0 saturated heterocycles. The zero-order chi connectivity index (χ0) is 13.1. The first-order valence-corrected chi connectivity index (χ1v) is 6.01. The van der Waals surface area contributed by atoms with Gasteiger partial charge >= 0.3 is 0 Å². The molecule has 3 aromatic rings. The Kier molecular flexibility index (Phi) is 2.98. The molecule has 0 aliphatic rings. The van der Waals surface area contributed by atoms with Crippen LogP contribution in [-0.4, -0.2) is 11.1 Å². The highest BCUT2D eigenvalue weighted by Crippen LogP contribution is 2.18. The fraction of sp³-hybridized carbons (Fsp3) is 0.0667. The molecule has 0 unspecified atom stereocenters. The summed E-state index contributed by atoms with van der Waals surface area (Å²) in [5.74, 6) is -0.106. The lowest BCUT2D eigenvalue weighted by molar-refractivity contribution is -0.115. The second-order valence-corrected chi connectivity index (χ2v) is 4.22. The van der Waals surface area contributed by atoms with E-state index in [1.54, 1.807) is 0 Å². The molecule has 0 fully saturated rings. The Balaban J connectivity index is 1.76. The highest BCUT2D eigenvalue weighted by Gasteiger charge is 2.11. The summed E-state index contributed by atoms with van der Waals surface area (Å²) < 4.78 is 5.17. The van der Waals surface area contributed by atoms with E-state index in [9.17, 15) is 4.79 Å². The Morgan fingerprint density at radius 3 is 2.63 bits per heavy atom. The maximum absolute atomic E-state index is 11.9. The van der Waals surface area contributed by atoms with Gasteiger partial charge in [-0.25, -0.2) is 0 Å². The standard InChI is InChI=1S/C15H12N2O2/c18-15(16-11-6-2-1-3-7-11)10-13-12-8-4-5-9-14(12)19-17-13/h1-9H,10H2,(H,16,18). The quantitative estimate of drug-likeness (QED) is 0.779. The average Bonchev–Trinajstić information content (AvgIpc) is 2.83. The lowest BCUT2D eigenvalue weighted by Gasteiger charge is -2.02. The van der Waals surface area contributed by atoms with Crippen molar-refractivity contribution >= 4 is 22.6 Å². The minimum atomic E-state index is -0.106. The minimum absolute atomic E-state index is 0.106. The summed E-state index contributed by atoms with van der Waals surface area (Å²) in [6.07, 6.45) is 0.200. The number of carbonyl (C=O) groups is 1. The van der Waals surface area contributed by atoms with Crippen LogP contribution >= 0.6 is 0 Å². The van der Waals surface area contributed by atoms with Crippen molar-refractivity contribution in [2.24, 2.45) is 0 Å². The van der Waals surface area contributed by atoms with E-state index < -0.39 is 0 Å². The minimum Gasteiger partial charge on any atom is -0.356 e. The number of hydrogen-bond acceptors (Lipinski definition) is 3. The highest BCUT2D eigenvalue weighted by atomic mass is 16.5. The molecule has 1 aromatic heterocycles. The monoisotopic (exact) mass is 252 g/mol. The second-order valence-electron chi connectivity index (χ2n) is 4.22. The van der Waals surface area contributed by atoms with Crippen LogP contribution in [0.1, 0.15) is 5.69 Å². The summed E-state index contributed by atoms with van der Waals surface area (Å²) in [7, 11) is 0. The first-order chi connectivity index (χ1) is 9.33. The van der Waals surface area contributed by atoms with Crippen LogP contribution in [0.25, 0.3) is 11.0 Å². The summed E-state index contributed by atoms with van der Waals surface area (Å²) in [4.78, 5) is 11.9. The van der Waals surface area contributed by atoms with Crippen molar-refractivity contribution < 1.29 is 9.32 Å². The SMILES string of the molecule is O=C(Cc1noc2ccccc12)Nc1ccccc1. The van der Waals surface area contributed by atoms with Crippen LogP contribution in [0.4, 0.5) is 5.69 Å². The van der Waals surface area contributed by atoms with E-state index in [4.69, 9.17) is 4.52 Å². The van der Waals surface area contributed by atoms with Gasteiger partial charge in [-0.3, -0.25) is 4.79 Å². The number of nitrogens with zero attached hydrogens (tertiary/aromatic N) is 1. The molecule has 94 valence electrons. The third kappa shape index (κ3) is 2.47. The molecule has 0 radical (unpaired) electrons. The predicted octanol–water partition coefficient (Wildman–Crippen LogP) is 3.01. The van der Waals surface area contributed by atoms with Crippen molar-refractivity contribution in [3.05, 3.63) is 60.3 Å². The van der Waals surface area contributed by atoms with Gasteiger partial charge in [-0.1, -0.05) is 35.5 Å². The van der Waals surface area contributed by atoms with Gasteiger partial charge < -0.3 is 9.84 Å². The average molecular weight is 252 g/mol. The molecule has 2 aromatic carbocycles. The van der Waals surface area contributed by atoms with E-state index in [-0.39, 0.29) is 12.3 Å². The maximum Gasteiger partial charge on any atom is 0.230 e. The number of amides is 1. The van der Waals surface area contributed by atoms with Gasteiger partial charge in [0.1, 0.15) is 5.69 Å². The molecule has 3 rings (SSSR count). The molecule has 0 bridgehead atoms. The second kappa shape index (κ2) is 4.94. The number of nitrogens with one attached hydrogen (secondary N) is 1. The maximum atomic E-state index is 11.9. The molecule has 0 spiro atoms. The first kappa shape index (κ1) is 11.5. The van der Waals surface area contributed by atoms with Crippen molar-refractivity contribution in [1.82, 2.24) is 5.16 Å². The Labute approximate surface area is 110 Å². The van der Waals surface area contributed by atoms with Crippen LogP contribution < -0.4 is 5.32 Å². The molecule has 19 heavy (non-hydrogen) atoms. The van der Waals surface area contributed by atoms with Gasteiger partial charge in [0.25, 0.3) is 0 Å². The van der Waals surface area contributed by atoms with Crippen molar-refractivity contribution in [3.8, 4) is 0 Å². The molecule has 1 heterocycles. The number of anilines is 1. The smallest absolute Gasteiger partial charge is 0.230 e. The molecule has 0 aliphatic heterocycles. The highest BCUT2D eigenvalue weighted by molar-refractivity contribution is 5.94. The fourth-order valence-electron chi connectivity index (χ4n) is 1.94. The van der Waals surface area contributed by atoms with Gasteiger partial charge in [-0.05, 0) is 24.3 Å². The van der Waals surface area contributed by atoms with Crippen molar-refractivity contribution in [2.75, 3.05) is 5.32 Å². The number of benzene rings is 2. The molecule has 0 atom stereocenters. The van der Waals surface area contributed by atoms with Crippen LogP contribution in [0, 0.1) is 0 Å². The van der Waals surface area contributed by atoms with Crippen molar-refractivity contribution in [1.29, 1.82) is 0 Å². The molecule has 1 amide bonds. The summed E-state index contributed by atoms with van der Waals surface area (Å²) in [6, 6.07) is 16.9. The molecular formula is C15H12N2O2. The van der Waals surface area contributed by atoms with Gasteiger partial charge in [0, 0.05) is 11.1 Å². The number of para-hydroxylation sites is 2. The van der Waals surface area contributed by atoms with Crippen LogP contribution in [0.2, 0.25) is 0 Å². The predicted molar refractivity (Wildman–Crippen MR) is 72.8 cm³/mol. The number of aromatic nitrogens is 1. The van der Waals surface area contributed by atoms with Crippen LogP contribution in [0.3, 0.4) is 0 Å². The lowest BCUT2D eigenvalue weighted by atomic mass is 10.1. The molecular weight excluding hydrogens is 240 g/mol. The Morgan fingerprint density at radius 2 is 1.79 bits per heavy atom. The van der Waals surface area contributed by atoms with E-state index in [2.05, 4.69) is 10.5 Å². The van der Waals surface area contributed by atoms with Gasteiger partial charge in [0.2, 0.25) is 5.91 Å². The van der Waals surface area contributed by atoms with Crippen LogP contribution in [-0.2, 0) is 11.2 Å². The van der Waals surface area contributed by atoms with Gasteiger partial charge in [-0.2, -0.15) is 0 Å². The largest absolute Gasteiger partial charge is 0.356 e. The van der Waals surface area contributed by atoms with Crippen molar-refractivity contribution in [3.63, 3.8) is 0 Å². The van der Waals surface area contributed by atoms with Crippen LogP contribution in [0.15, 0.2) is 59.1 Å². The van der Waals surface area contributed by atoms with E-state index in [1.165, 1.54) is 0 Å². The van der Waals surface area contributed by atoms with E-state index in [0.717, 1.165) is 11.1 Å². The first-order valence-electron chi connectivity index (χ1n) is 6.01. The summed E-state index contributed by atoms with van der Waals surface area (Å²) in [5.41, 5.74) is 2.13. The molecule has 4 nitrogen and oxygen atoms in total. The van der Waals surface area contributed by atoms with Gasteiger partial charge in [0.05, 0.1) is 6.42 Å². The van der Waals surface area contributed by atoms with Gasteiger partial charge in [0.15, 0.2) is 5.58 Å². The normalized spacial score (nSPS) is 10.5. The number of carbonyl (C=O) groups excluding carboxylic acids is 1. The molecule has 0 aliphatic carbocycles. The number of rotatable bonds is 3. The number of fused-ring (bicyclic) bond motifs is 1.